The van der Waals surface area contributed by atoms with Crippen molar-refractivity contribution in [1.82, 2.24) is 9.88 Å². The van der Waals surface area contributed by atoms with Gasteiger partial charge in [0, 0.05) is 24.3 Å². The first kappa shape index (κ1) is 15.3. The van der Waals surface area contributed by atoms with E-state index in [0.717, 1.165) is 10.0 Å². The van der Waals surface area contributed by atoms with E-state index in [2.05, 4.69) is 20.9 Å². The molecule has 0 aliphatic heterocycles. The molecule has 0 saturated carbocycles. The Kier molecular flexibility index (Phi) is 4.80. The molecule has 21 heavy (non-hydrogen) atoms. The molecule has 2 N–H and O–H groups in total. The number of amides is 1. The maximum absolute atomic E-state index is 12.2. The number of aromatic amines is 1. The zero-order valence-corrected chi connectivity index (χ0v) is 13.1. The molecular formula is C15H15BrN2O3. The first-order chi connectivity index (χ1) is 9.99. The Balaban J connectivity index is 2.03. The zero-order valence-electron chi connectivity index (χ0n) is 11.5. The molecule has 0 spiro atoms. The van der Waals surface area contributed by atoms with E-state index in [1.807, 2.05) is 0 Å². The fourth-order valence-electron chi connectivity index (χ4n) is 2.03. The van der Waals surface area contributed by atoms with E-state index >= 15 is 0 Å². The van der Waals surface area contributed by atoms with Gasteiger partial charge in [0.05, 0.1) is 5.56 Å². The Morgan fingerprint density at radius 3 is 2.67 bits per heavy atom. The number of aromatic carboxylic acids is 1. The van der Waals surface area contributed by atoms with Gasteiger partial charge in [-0.1, -0.05) is 18.2 Å². The van der Waals surface area contributed by atoms with Crippen molar-refractivity contribution in [3.63, 3.8) is 0 Å². The van der Waals surface area contributed by atoms with Gasteiger partial charge >= 0.3 is 5.97 Å². The lowest BCUT2D eigenvalue weighted by atomic mass is 10.0. The number of H-pyrrole nitrogens is 1. The van der Waals surface area contributed by atoms with Gasteiger partial charge in [-0.25, -0.2) is 4.79 Å². The molecule has 0 saturated heterocycles. The summed E-state index contributed by atoms with van der Waals surface area (Å²) in [6.07, 6.45) is 2.19. The number of rotatable bonds is 5. The molecule has 2 aromatic rings. The van der Waals surface area contributed by atoms with Gasteiger partial charge in [-0.2, -0.15) is 0 Å². The summed E-state index contributed by atoms with van der Waals surface area (Å²) in [7, 11) is 1.69. The number of carboxylic acids is 1. The van der Waals surface area contributed by atoms with Gasteiger partial charge in [0.2, 0.25) is 0 Å². The van der Waals surface area contributed by atoms with Gasteiger partial charge in [-0.3, -0.25) is 4.79 Å². The SMILES string of the molecule is CN(CCc1ccccc1C(=O)O)C(=O)c1cc(Br)c[nH]1. The van der Waals surface area contributed by atoms with Gasteiger partial charge in [-0.15, -0.1) is 0 Å². The van der Waals surface area contributed by atoms with Crippen LogP contribution in [0.25, 0.3) is 0 Å². The van der Waals surface area contributed by atoms with E-state index in [9.17, 15) is 9.59 Å². The summed E-state index contributed by atoms with van der Waals surface area (Å²) in [6.45, 7) is 0.444. The number of hydrogen-bond acceptors (Lipinski definition) is 2. The second-order valence-electron chi connectivity index (χ2n) is 4.67. The quantitative estimate of drug-likeness (QED) is 0.870. The number of benzene rings is 1. The first-order valence-electron chi connectivity index (χ1n) is 6.39. The normalized spacial score (nSPS) is 10.4. The number of likely N-dealkylation sites (N-methyl/N-ethyl adjacent to an activating group) is 1. The zero-order chi connectivity index (χ0) is 15.4. The third kappa shape index (κ3) is 3.72. The topological polar surface area (TPSA) is 73.4 Å². The van der Waals surface area contributed by atoms with Crippen molar-refractivity contribution in [2.45, 2.75) is 6.42 Å². The van der Waals surface area contributed by atoms with Gasteiger partial charge in [0.1, 0.15) is 5.69 Å². The molecule has 2 rings (SSSR count). The highest BCUT2D eigenvalue weighted by atomic mass is 79.9. The molecule has 0 bridgehead atoms. The second kappa shape index (κ2) is 6.58. The molecule has 1 amide bonds. The van der Waals surface area contributed by atoms with E-state index in [-0.39, 0.29) is 11.5 Å². The van der Waals surface area contributed by atoms with Crippen molar-refractivity contribution >= 4 is 27.8 Å². The number of nitrogens with zero attached hydrogens (tertiary/aromatic N) is 1. The second-order valence-corrected chi connectivity index (χ2v) is 5.59. The maximum atomic E-state index is 12.2. The fourth-order valence-corrected chi connectivity index (χ4v) is 2.38. The smallest absolute Gasteiger partial charge is 0.335 e. The molecule has 0 unspecified atom stereocenters. The van der Waals surface area contributed by atoms with E-state index < -0.39 is 5.97 Å². The summed E-state index contributed by atoms with van der Waals surface area (Å²) >= 11 is 3.28. The monoisotopic (exact) mass is 350 g/mol. The molecule has 6 heteroatoms. The van der Waals surface area contributed by atoms with Crippen LogP contribution < -0.4 is 0 Å². The van der Waals surface area contributed by atoms with E-state index in [0.29, 0.717) is 18.7 Å². The highest BCUT2D eigenvalue weighted by molar-refractivity contribution is 9.10. The summed E-state index contributed by atoms with van der Waals surface area (Å²) < 4.78 is 0.815. The molecule has 0 atom stereocenters. The number of carboxylic acid groups (broad SMARTS) is 1. The van der Waals surface area contributed by atoms with Gasteiger partial charge in [-0.05, 0) is 40.0 Å². The number of carbonyl (C=O) groups is 2. The van der Waals surface area contributed by atoms with Crippen LogP contribution in [-0.2, 0) is 6.42 Å². The first-order valence-corrected chi connectivity index (χ1v) is 7.19. The summed E-state index contributed by atoms with van der Waals surface area (Å²) in [5.74, 6) is -1.08. The van der Waals surface area contributed by atoms with Crippen molar-refractivity contribution in [3.8, 4) is 0 Å². The van der Waals surface area contributed by atoms with Crippen LogP contribution in [0.2, 0.25) is 0 Å². The lowest BCUT2D eigenvalue weighted by molar-refractivity contribution is 0.0695. The van der Waals surface area contributed by atoms with Crippen LogP contribution in [0.5, 0.6) is 0 Å². The van der Waals surface area contributed by atoms with Crippen LogP contribution in [0.1, 0.15) is 26.4 Å². The minimum Gasteiger partial charge on any atom is -0.478 e. The van der Waals surface area contributed by atoms with E-state index in [1.54, 1.807) is 48.5 Å². The van der Waals surface area contributed by atoms with E-state index in [4.69, 9.17) is 5.11 Å². The largest absolute Gasteiger partial charge is 0.478 e. The molecule has 5 nitrogen and oxygen atoms in total. The third-order valence-electron chi connectivity index (χ3n) is 3.19. The average molecular weight is 351 g/mol. The molecule has 1 aromatic carbocycles. The molecular weight excluding hydrogens is 336 g/mol. The predicted octanol–water partition coefficient (Wildman–Crippen LogP) is 2.79. The molecule has 1 aromatic heterocycles. The van der Waals surface area contributed by atoms with Crippen LogP contribution in [0, 0.1) is 0 Å². The molecule has 0 radical (unpaired) electrons. The van der Waals surface area contributed by atoms with Gasteiger partial charge in [0.15, 0.2) is 0 Å². The third-order valence-corrected chi connectivity index (χ3v) is 3.65. The molecule has 0 aliphatic carbocycles. The molecule has 0 fully saturated rings. The Hall–Kier alpha value is -2.08. The van der Waals surface area contributed by atoms with Crippen molar-refractivity contribution in [1.29, 1.82) is 0 Å². The summed E-state index contributed by atoms with van der Waals surface area (Å²) in [4.78, 5) is 27.7. The van der Waals surface area contributed by atoms with Crippen LogP contribution in [0.15, 0.2) is 41.0 Å². The molecule has 0 aliphatic rings. The van der Waals surface area contributed by atoms with Crippen LogP contribution >= 0.6 is 15.9 Å². The number of hydrogen-bond donors (Lipinski definition) is 2. The Morgan fingerprint density at radius 2 is 2.05 bits per heavy atom. The highest BCUT2D eigenvalue weighted by Gasteiger charge is 2.15. The summed E-state index contributed by atoms with van der Waals surface area (Å²) in [5, 5.41) is 9.13. The lowest BCUT2D eigenvalue weighted by Gasteiger charge is -2.17. The number of halogens is 1. The molecule has 1 heterocycles. The van der Waals surface area contributed by atoms with Crippen LogP contribution in [-0.4, -0.2) is 40.5 Å². The van der Waals surface area contributed by atoms with Crippen molar-refractivity contribution in [3.05, 3.63) is 57.8 Å². The minimum absolute atomic E-state index is 0.131. The summed E-state index contributed by atoms with van der Waals surface area (Å²) in [5.41, 5.74) is 1.49. The molecule has 110 valence electrons. The van der Waals surface area contributed by atoms with Crippen LogP contribution in [0.3, 0.4) is 0 Å². The number of nitrogens with one attached hydrogen (secondary N) is 1. The lowest BCUT2D eigenvalue weighted by Crippen LogP contribution is -2.29. The standard InChI is InChI=1S/C15H15BrN2O3/c1-18(14(19)13-8-11(16)9-17-13)7-6-10-4-2-3-5-12(10)15(20)21/h2-5,8-9,17H,6-7H2,1H3,(H,20,21). The average Bonchev–Trinajstić information content (AvgIpc) is 2.90. The predicted molar refractivity (Wildman–Crippen MR) is 82.6 cm³/mol. The number of aromatic nitrogens is 1. The Bertz CT molecular complexity index is 666. The number of carbonyl (C=O) groups excluding carboxylic acids is 1. The van der Waals surface area contributed by atoms with Crippen LogP contribution in [0.4, 0.5) is 0 Å². The Morgan fingerprint density at radius 1 is 1.33 bits per heavy atom. The fraction of sp³-hybridized carbons (Fsp3) is 0.200. The van der Waals surface area contributed by atoms with Crippen molar-refractivity contribution in [2.75, 3.05) is 13.6 Å². The maximum Gasteiger partial charge on any atom is 0.335 e. The minimum atomic E-state index is -0.951. The van der Waals surface area contributed by atoms with Gasteiger partial charge < -0.3 is 15.0 Å². The highest BCUT2D eigenvalue weighted by Crippen LogP contribution is 2.13. The van der Waals surface area contributed by atoms with E-state index in [1.165, 1.54) is 0 Å². The van der Waals surface area contributed by atoms with Gasteiger partial charge in [0.25, 0.3) is 5.91 Å². The summed E-state index contributed by atoms with van der Waals surface area (Å²) in [6, 6.07) is 8.54. The van der Waals surface area contributed by atoms with Crippen molar-refractivity contribution in [2.24, 2.45) is 0 Å². The Labute approximate surface area is 130 Å². The van der Waals surface area contributed by atoms with Crippen molar-refractivity contribution < 1.29 is 14.7 Å².